The van der Waals surface area contributed by atoms with Crippen LogP contribution < -0.4 is 0 Å². The number of nitrogens with zero attached hydrogens (tertiary/aromatic N) is 1. The van der Waals surface area contributed by atoms with Gasteiger partial charge in [-0.1, -0.05) is 195 Å². The minimum atomic E-state index is 1.00. The van der Waals surface area contributed by atoms with Crippen LogP contribution in [0.15, 0.2) is 133 Å². The summed E-state index contributed by atoms with van der Waals surface area (Å²) in [4.78, 5) is 0. The van der Waals surface area contributed by atoms with E-state index in [1.807, 2.05) is 18.2 Å². The van der Waals surface area contributed by atoms with E-state index < -0.39 is 0 Å². The largest absolute Gasteiger partial charge is 0.381 e. The predicted octanol–water partition coefficient (Wildman–Crippen LogP) is 16.1. The zero-order valence-corrected chi connectivity index (χ0v) is 36.4. The Hall–Kier alpha value is -4.63. The first-order chi connectivity index (χ1) is 28.6. The first-order valence-electron chi connectivity index (χ1n) is 22.7. The molecule has 1 saturated heterocycles. The maximum Gasteiger partial charge on any atom is 0.0786 e. The Kier molecular flexibility index (Phi) is 16.2. The van der Waals surface area contributed by atoms with E-state index in [1.54, 1.807) is 0 Å². The van der Waals surface area contributed by atoms with Gasteiger partial charge in [0.05, 0.1) is 26.2 Å². The van der Waals surface area contributed by atoms with Crippen LogP contribution in [0.3, 0.4) is 0 Å². The molecular formula is C56H69NO. The fourth-order valence-corrected chi connectivity index (χ4v) is 9.01. The topological polar surface area (TPSA) is 9.23 Å². The van der Waals surface area contributed by atoms with Crippen molar-refractivity contribution in [2.45, 2.75) is 98.8 Å². The molecule has 0 aromatic heterocycles. The highest BCUT2D eigenvalue weighted by atomic mass is 16.5. The maximum absolute atomic E-state index is 4.94. The Morgan fingerprint density at radius 1 is 0.483 bits per heavy atom. The van der Waals surface area contributed by atoms with E-state index >= 15 is 0 Å². The lowest BCUT2D eigenvalue weighted by atomic mass is 9.89. The third-order valence-electron chi connectivity index (χ3n) is 12.2. The van der Waals surface area contributed by atoms with Gasteiger partial charge in [0.25, 0.3) is 0 Å². The fourth-order valence-electron chi connectivity index (χ4n) is 9.01. The number of ether oxygens (including phenoxy) is 1. The van der Waals surface area contributed by atoms with Crippen molar-refractivity contribution in [2.75, 3.05) is 39.4 Å². The summed E-state index contributed by atoms with van der Waals surface area (Å²) in [6.45, 7) is 19.1. The van der Waals surface area contributed by atoms with Crippen LogP contribution in [0.2, 0.25) is 0 Å². The summed E-state index contributed by atoms with van der Waals surface area (Å²) in [6, 6.07) is 48.1. The lowest BCUT2D eigenvalue weighted by Crippen LogP contribution is -2.50. The molecule has 3 aliphatic rings. The Balaban J connectivity index is 0.000000165. The molecule has 6 aromatic carbocycles. The molecule has 0 radical (unpaired) electrons. The lowest BCUT2D eigenvalue weighted by Gasteiger charge is -2.39. The van der Waals surface area contributed by atoms with Gasteiger partial charge in [0.1, 0.15) is 0 Å². The maximum atomic E-state index is 4.94. The summed E-state index contributed by atoms with van der Waals surface area (Å²) >= 11 is 0. The first kappa shape index (κ1) is 43.0. The van der Waals surface area contributed by atoms with Crippen molar-refractivity contribution < 1.29 is 9.22 Å². The zero-order chi connectivity index (χ0) is 40.6. The molecule has 0 N–H and O–H groups in total. The highest BCUT2D eigenvalue weighted by Crippen LogP contribution is 2.49. The van der Waals surface area contributed by atoms with Crippen LogP contribution in [-0.2, 0) is 4.74 Å². The monoisotopic (exact) mass is 772 g/mol. The van der Waals surface area contributed by atoms with Gasteiger partial charge in [0, 0.05) is 13.2 Å². The molecule has 58 heavy (non-hydrogen) atoms. The summed E-state index contributed by atoms with van der Waals surface area (Å²) in [5, 5.41) is 13.4. The first-order valence-corrected chi connectivity index (χ1v) is 22.7. The van der Waals surface area contributed by atoms with Gasteiger partial charge in [-0.05, 0) is 77.8 Å². The average Bonchev–Trinajstić information content (AvgIpc) is 4.01. The molecule has 9 rings (SSSR count). The van der Waals surface area contributed by atoms with Crippen molar-refractivity contribution in [3.63, 3.8) is 0 Å². The molecule has 1 fully saturated rings. The summed E-state index contributed by atoms with van der Waals surface area (Å²) in [7, 11) is 0. The molecule has 2 heteroatoms. The molecule has 6 aromatic rings. The molecule has 2 nitrogen and oxygen atoms in total. The van der Waals surface area contributed by atoms with E-state index in [4.69, 9.17) is 4.74 Å². The van der Waals surface area contributed by atoms with Gasteiger partial charge in [-0.25, -0.2) is 0 Å². The van der Waals surface area contributed by atoms with Crippen molar-refractivity contribution in [1.82, 2.24) is 0 Å². The summed E-state index contributed by atoms with van der Waals surface area (Å²) in [5.74, 6) is 0. The second-order valence-electron chi connectivity index (χ2n) is 16.5. The number of unbranched alkanes of at least 4 members (excludes halogenated alkanes) is 4. The van der Waals surface area contributed by atoms with Gasteiger partial charge in [-0.15, -0.1) is 30.3 Å². The number of hydrogen-bond acceptors (Lipinski definition) is 1. The number of hydrogen-bond donors (Lipinski definition) is 0. The molecule has 304 valence electrons. The third-order valence-corrected chi connectivity index (χ3v) is 12.2. The predicted molar refractivity (Wildman–Crippen MR) is 257 cm³/mol. The fraction of sp³-hybridized carbons (Fsp3) is 0.375. The smallest absolute Gasteiger partial charge is 0.0786 e. The second kappa shape index (κ2) is 21.9. The van der Waals surface area contributed by atoms with E-state index in [9.17, 15) is 0 Å². The molecule has 0 bridgehead atoms. The zero-order valence-electron chi connectivity index (χ0n) is 36.4. The van der Waals surface area contributed by atoms with Gasteiger partial charge in [-0.3, -0.25) is 0 Å². The van der Waals surface area contributed by atoms with E-state index in [-0.39, 0.29) is 0 Å². The number of fused-ring (bicyclic) bond motifs is 13. The quantitative estimate of drug-likeness (QED) is 0.0683. The van der Waals surface area contributed by atoms with E-state index in [0.29, 0.717) is 0 Å². The third kappa shape index (κ3) is 10.3. The summed E-state index contributed by atoms with van der Waals surface area (Å²) in [6.07, 6.45) is 13.6. The van der Waals surface area contributed by atoms with Crippen LogP contribution in [0.4, 0.5) is 0 Å². The Morgan fingerprint density at radius 2 is 0.931 bits per heavy atom. The Labute approximate surface area is 350 Å². The summed E-state index contributed by atoms with van der Waals surface area (Å²) in [5.41, 5.74) is 4.06. The lowest BCUT2D eigenvalue weighted by molar-refractivity contribution is -0.929. The number of rotatable bonds is 12. The molecular weight excluding hydrogens is 703 g/mol. The standard InChI is InChI=1S/C29H17.C16H36N.C7H8.C4H8O/c1-3-13-22-18(9-1)20-11-5-7-15-24(20)28-26(22)17-27-23-14-4-2-10-19(23)21-12-6-8-16-25(21)29(27)28;1-5-9-13-17(14-10-6-2,15-11-7-3)16-12-8-4;1-7-5-3-2-4-6-7;1-2-4-5-3-1/h1-17H;5-16H2,1-4H3;2-6H,1H3;1-4H2/q-1;+1;;. The number of quaternary nitrogens is 1. The molecule has 1 aliphatic heterocycles. The summed E-state index contributed by atoms with van der Waals surface area (Å²) < 4.78 is 6.36. The molecule has 0 atom stereocenters. The minimum Gasteiger partial charge on any atom is -0.381 e. The van der Waals surface area contributed by atoms with Gasteiger partial charge in [0.2, 0.25) is 0 Å². The van der Waals surface area contributed by atoms with Crippen molar-refractivity contribution >= 4 is 53.9 Å². The number of benzene rings is 7. The van der Waals surface area contributed by atoms with E-state index in [2.05, 4.69) is 150 Å². The Morgan fingerprint density at radius 3 is 1.43 bits per heavy atom. The van der Waals surface area contributed by atoms with Crippen LogP contribution in [-0.4, -0.2) is 43.9 Å². The van der Waals surface area contributed by atoms with Crippen LogP contribution in [0, 0.1) is 6.92 Å². The van der Waals surface area contributed by atoms with Crippen LogP contribution in [0.25, 0.3) is 65.0 Å². The van der Waals surface area contributed by atoms with Crippen molar-refractivity contribution in [3.05, 3.63) is 139 Å². The van der Waals surface area contributed by atoms with E-state index in [1.165, 1.54) is 165 Å². The highest BCUT2D eigenvalue weighted by molar-refractivity contribution is 6.36. The number of aryl methyl sites for hydroxylation is 1. The molecule has 0 unspecified atom stereocenters. The van der Waals surface area contributed by atoms with Gasteiger partial charge >= 0.3 is 0 Å². The van der Waals surface area contributed by atoms with Crippen molar-refractivity contribution in [2.24, 2.45) is 0 Å². The van der Waals surface area contributed by atoms with Gasteiger partial charge in [-0.2, -0.15) is 0 Å². The van der Waals surface area contributed by atoms with Gasteiger partial charge in [0.15, 0.2) is 0 Å². The van der Waals surface area contributed by atoms with E-state index in [0.717, 1.165) is 13.2 Å². The van der Waals surface area contributed by atoms with Gasteiger partial charge < -0.3 is 9.22 Å². The highest BCUT2D eigenvalue weighted by Gasteiger charge is 2.25. The van der Waals surface area contributed by atoms with Crippen LogP contribution in [0.1, 0.15) is 97.5 Å². The van der Waals surface area contributed by atoms with Crippen molar-refractivity contribution in [3.8, 4) is 11.1 Å². The SMILES string of the molecule is C1CCOC1.CCCC[N+](CCCC)(CCCC)CCCC.Cc1ccccc1.c1ccc2c(c1)c1c3c4ccccc4c4ccccc4c3cc-1c1cccc[c-]12. The molecule has 0 saturated carbocycles. The molecule has 0 spiro atoms. The Bertz CT molecular complexity index is 2350. The van der Waals surface area contributed by atoms with Crippen LogP contribution >= 0.6 is 0 Å². The molecule has 1 heterocycles. The molecule has 0 amide bonds. The minimum absolute atomic E-state index is 1.00. The average molecular weight is 772 g/mol. The second-order valence-corrected chi connectivity index (χ2v) is 16.5. The normalized spacial score (nSPS) is 12.7. The van der Waals surface area contributed by atoms with Crippen molar-refractivity contribution in [1.29, 1.82) is 0 Å². The molecule has 2 aliphatic carbocycles. The van der Waals surface area contributed by atoms with Crippen LogP contribution in [0.5, 0.6) is 0 Å².